The molecule has 0 fully saturated rings. The molecule has 1 aromatic rings. The van der Waals surface area contributed by atoms with Crippen LogP contribution in [-0.4, -0.2) is 56.0 Å². The van der Waals surface area contributed by atoms with Crippen LogP contribution in [0.3, 0.4) is 0 Å². The van der Waals surface area contributed by atoms with Crippen molar-refractivity contribution in [3.63, 3.8) is 0 Å². The molecule has 1 aromatic heterocycles. The molecule has 0 spiro atoms. The maximum atomic E-state index is 12.3. The van der Waals surface area contributed by atoms with Crippen LogP contribution < -0.4 is 0 Å². The lowest BCUT2D eigenvalue weighted by molar-refractivity contribution is -0.142. The molecular formula is C21H35NO10P2. The molecule has 0 aliphatic heterocycles. The third kappa shape index (κ3) is 12.2. The standard InChI is InChI=1S/C21H35NO10P2/c1-5-29-33(25,30-6-2)16-27-20(23)11-9-18-13-19(15-22-14-18)10-12-21(24)28-17-34(26,31-7-3)32-8-4/h13-15H,5-12,16-17H2,1-4H3. The first kappa shape index (κ1) is 30.4. The number of esters is 2. The lowest BCUT2D eigenvalue weighted by Gasteiger charge is -2.16. The van der Waals surface area contributed by atoms with Gasteiger partial charge in [0.15, 0.2) is 12.7 Å². The summed E-state index contributed by atoms with van der Waals surface area (Å²) in [7, 11) is -6.90. The van der Waals surface area contributed by atoms with Gasteiger partial charge in [-0.05, 0) is 51.7 Å². The molecule has 1 rings (SSSR count). The third-order valence-electron chi connectivity index (χ3n) is 4.16. The Morgan fingerprint density at radius 1 is 0.706 bits per heavy atom. The lowest BCUT2D eigenvalue weighted by Crippen LogP contribution is -2.11. The van der Waals surface area contributed by atoms with Gasteiger partial charge in [-0.2, -0.15) is 0 Å². The van der Waals surface area contributed by atoms with Gasteiger partial charge in [0.2, 0.25) is 0 Å². The average Bonchev–Trinajstić information content (AvgIpc) is 2.80. The van der Waals surface area contributed by atoms with Gasteiger partial charge in [0, 0.05) is 25.2 Å². The Kier molecular flexibility index (Phi) is 14.4. The summed E-state index contributed by atoms with van der Waals surface area (Å²) in [6.07, 6.45) is 3.15. The second kappa shape index (κ2) is 16.1. The zero-order valence-electron chi connectivity index (χ0n) is 20.2. The van der Waals surface area contributed by atoms with Gasteiger partial charge in [-0.3, -0.25) is 23.7 Å². The van der Waals surface area contributed by atoms with Crippen molar-refractivity contribution in [2.75, 3.05) is 39.1 Å². The fourth-order valence-corrected chi connectivity index (χ4v) is 5.39. The molecule has 1 heterocycles. The van der Waals surface area contributed by atoms with Crippen molar-refractivity contribution < 1.29 is 46.3 Å². The second-order valence-corrected chi connectivity index (χ2v) is 10.9. The Morgan fingerprint density at radius 2 is 1.06 bits per heavy atom. The van der Waals surface area contributed by atoms with Gasteiger partial charge in [-0.25, -0.2) is 0 Å². The maximum absolute atomic E-state index is 12.3. The molecule has 0 amide bonds. The van der Waals surface area contributed by atoms with Crippen LogP contribution >= 0.6 is 15.2 Å². The molecule has 194 valence electrons. The number of pyridine rings is 1. The van der Waals surface area contributed by atoms with E-state index in [9.17, 15) is 18.7 Å². The Balaban J connectivity index is 2.48. The van der Waals surface area contributed by atoms with Crippen molar-refractivity contribution >= 4 is 27.1 Å². The van der Waals surface area contributed by atoms with Crippen molar-refractivity contribution in [2.45, 2.75) is 53.4 Å². The third-order valence-corrected chi connectivity index (χ3v) is 7.65. The highest BCUT2D eigenvalue weighted by atomic mass is 31.2. The van der Waals surface area contributed by atoms with E-state index < -0.39 is 39.8 Å². The minimum absolute atomic E-state index is 0.0512. The maximum Gasteiger partial charge on any atom is 0.367 e. The minimum atomic E-state index is -3.45. The van der Waals surface area contributed by atoms with Crippen molar-refractivity contribution in [3.8, 4) is 0 Å². The van der Waals surface area contributed by atoms with E-state index in [4.69, 9.17) is 27.6 Å². The fraction of sp³-hybridized carbons (Fsp3) is 0.667. The van der Waals surface area contributed by atoms with Gasteiger partial charge >= 0.3 is 27.1 Å². The van der Waals surface area contributed by atoms with Crippen molar-refractivity contribution in [1.29, 1.82) is 0 Å². The monoisotopic (exact) mass is 523 g/mol. The number of nitrogens with zero attached hydrogens (tertiary/aromatic N) is 1. The van der Waals surface area contributed by atoms with Crippen LogP contribution in [0.4, 0.5) is 0 Å². The summed E-state index contributed by atoms with van der Waals surface area (Å²) in [5.41, 5.74) is 1.55. The Morgan fingerprint density at radius 3 is 1.38 bits per heavy atom. The number of hydrogen-bond acceptors (Lipinski definition) is 11. The summed E-state index contributed by atoms with van der Waals surface area (Å²) in [5, 5.41) is 0. The van der Waals surface area contributed by atoms with Crippen molar-refractivity contribution in [2.24, 2.45) is 0 Å². The van der Waals surface area contributed by atoms with Crippen LogP contribution in [0.5, 0.6) is 0 Å². The second-order valence-electron chi connectivity index (χ2n) is 6.89. The highest BCUT2D eigenvalue weighted by Gasteiger charge is 2.26. The molecule has 11 nitrogen and oxygen atoms in total. The van der Waals surface area contributed by atoms with E-state index in [1.54, 1.807) is 40.1 Å². The van der Waals surface area contributed by atoms with Gasteiger partial charge in [0.25, 0.3) is 0 Å². The van der Waals surface area contributed by atoms with Gasteiger partial charge in [-0.1, -0.05) is 6.07 Å². The number of hydrogen-bond donors (Lipinski definition) is 0. The van der Waals surface area contributed by atoms with E-state index in [0.717, 1.165) is 11.1 Å². The first-order valence-corrected chi connectivity index (χ1v) is 14.6. The highest BCUT2D eigenvalue weighted by Crippen LogP contribution is 2.48. The predicted molar refractivity (Wildman–Crippen MR) is 125 cm³/mol. The first-order valence-electron chi connectivity index (χ1n) is 11.2. The topological polar surface area (TPSA) is 137 Å². The summed E-state index contributed by atoms with van der Waals surface area (Å²) >= 11 is 0. The molecule has 0 bridgehead atoms. The Hall–Kier alpha value is -1.61. The fourth-order valence-electron chi connectivity index (χ4n) is 2.76. The molecule has 34 heavy (non-hydrogen) atoms. The zero-order valence-corrected chi connectivity index (χ0v) is 22.0. The summed E-state index contributed by atoms with van der Waals surface area (Å²) in [5.74, 6) is -1.08. The van der Waals surface area contributed by atoms with E-state index in [1.165, 1.54) is 0 Å². The smallest absolute Gasteiger partial charge is 0.367 e. The molecular weight excluding hydrogens is 488 g/mol. The zero-order chi connectivity index (χ0) is 25.5. The molecule has 0 aliphatic rings. The van der Waals surface area contributed by atoms with Crippen molar-refractivity contribution in [1.82, 2.24) is 4.98 Å². The van der Waals surface area contributed by atoms with Crippen molar-refractivity contribution in [3.05, 3.63) is 29.6 Å². The summed E-state index contributed by atoms with van der Waals surface area (Å²) in [4.78, 5) is 28.2. The molecule has 13 heteroatoms. The molecule has 0 N–H and O–H groups in total. The summed E-state index contributed by atoms with van der Waals surface area (Å²) in [6.45, 7) is 7.41. The summed E-state index contributed by atoms with van der Waals surface area (Å²) < 4.78 is 55.1. The summed E-state index contributed by atoms with van der Waals surface area (Å²) in [6, 6.07) is 1.82. The van der Waals surface area contributed by atoms with Crippen LogP contribution in [0, 0.1) is 0 Å². The molecule has 0 saturated heterocycles. The largest absolute Gasteiger partial charge is 0.453 e. The number of aryl methyl sites for hydroxylation is 2. The Bertz CT molecular complexity index is 778. The van der Waals surface area contributed by atoms with E-state index in [2.05, 4.69) is 4.98 Å². The number of carbonyl (C=O) groups excluding carboxylic acids is 2. The quantitative estimate of drug-likeness (QED) is 0.199. The number of ether oxygens (including phenoxy) is 2. The van der Waals surface area contributed by atoms with Crippen LogP contribution in [0.15, 0.2) is 18.5 Å². The molecule has 0 aliphatic carbocycles. The lowest BCUT2D eigenvalue weighted by atomic mass is 10.1. The normalized spacial score (nSPS) is 11.9. The minimum Gasteiger partial charge on any atom is -0.453 e. The molecule has 0 saturated carbocycles. The molecule has 0 radical (unpaired) electrons. The molecule has 0 unspecified atom stereocenters. The highest BCUT2D eigenvalue weighted by molar-refractivity contribution is 7.53. The van der Waals surface area contributed by atoms with Gasteiger partial charge in [-0.15, -0.1) is 0 Å². The van der Waals surface area contributed by atoms with Crippen LogP contribution in [0.25, 0.3) is 0 Å². The van der Waals surface area contributed by atoms with E-state index >= 15 is 0 Å². The molecule has 0 aromatic carbocycles. The number of carbonyl (C=O) groups is 2. The van der Waals surface area contributed by atoms with E-state index in [0.29, 0.717) is 12.8 Å². The average molecular weight is 523 g/mol. The SMILES string of the molecule is CCOP(=O)(COC(=O)CCc1cncc(CCC(=O)OCP(=O)(OCC)OCC)c1)OCC. The van der Waals surface area contributed by atoms with Crippen LogP contribution in [0.1, 0.15) is 51.7 Å². The van der Waals surface area contributed by atoms with Gasteiger partial charge in [0.1, 0.15) is 0 Å². The number of aromatic nitrogens is 1. The number of rotatable bonds is 18. The van der Waals surface area contributed by atoms with Gasteiger partial charge in [0.05, 0.1) is 26.4 Å². The predicted octanol–water partition coefficient (Wildman–Crippen LogP) is 4.48. The van der Waals surface area contributed by atoms with E-state index in [-0.39, 0.29) is 39.3 Å². The van der Waals surface area contributed by atoms with Gasteiger partial charge < -0.3 is 27.6 Å². The Labute approximate surface area is 200 Å². The first-order chi connectivity index (χ1) is 16.2. The van der Waals surface area contributed by atoms with Crippen LogP contribution in [-0.2, 0) is 59.1 Å². The van der Waals surface area contributed by atoms with E-state index in [1.807, 2.05) is 6.07 Å². The molecule has 0 atom stereocenters. The van der Waals surface area contributed by atoms with Crippen LogP contribution in [0.2, 0.25) is 0 Å².